The Balaban J connectivity index is 1.41. The second-order valence-corrected chi connectivity index (χ2v) is 7.31. The first kappa shape index (κ1) is 20.3. The maximum atomic E-state index is 11.6. The third-order valence-electron chi connectivity index (χ3n) is 4.16. The van der Waals surface area contributed by atoms with Crippen LogP contribution in [0, 0.1) is 0 Å². The summed E-state index contributed by atoms with van der Waals surface area (Å²) in [6.45, 7) is 1.75. The van der Waals surface area contributed by atoms with E-state index in [1.54, 1.807) is 0 Å². The molecule has 144 valence electrons. The molecular formula is C16H28N2O6S. The number of unbranched alkanes of at least 4 members (excludes halogenated alkanes) is 1. The van der Waals surface area contributed by atoms with Gasteiger partial charge in [-0.3, -0.25) is 4.79 Å². The molecule has 0 unspecified atom stereocenters. The molecule has 3 N–H and O–H groups in total. The molecule has 3 atom stereocenters. The van der Waals surface area contributed by atoms with Crippen LogP contribution in [0.2, 0.25) is 0 Å². The van der Waals surface area contributed by atoms with Crippen LogP contribution in [-0.4, -0.2) is 79.8 Å². The highest BCUT2D eigenvalue weighted by molar-refractivity contribution is 8.00. The lowest BCUT2D eigenvalue weighted by Crippen LogP contribution is -2.36. The molecule has 2 amide bonds. The number of ether oxygens (including phenoxy) is 3. The first-order valence-corrected chi connectivity index (χ1v) is 9.86. The molecule has 0 saturated carbocycles. The molecular weight excluding hydrogens is 348 g/mol. The van der Waals surface area contributed by atoms with Crippen LogP contribution in [-0.2, 0) is 19.0 Å². The Labute approximate surface area is 152 Å². The van der Waals surface area contributed by atoms with Crippen molar-refractivity contribution in [1.82, 2.24) is 10.6 Å². The van der Waals surface area contributed by atoms with Gasteiger partial charge in [-0.25, -0.2) is 4.79 Å². The van der Waals surface area contributed by atoms with E-state index in [1.165, 1.54) is 0 Å². The van der Waals surface area contributed by atoms with Crippen LogP contribution >= 0.6 is 11.8 Å². The van der Waals surface area contributed by atoms with Gasteiger partial charge in [0.2, 0.25) is 0 Å². The highest BCUT2D eigenvalue weighted by atomic mass is 32.2. The molecule has 2 heterocycles. The maximum Gasteiger partial charge on any atom is 0.315 e. The monoisotopic (exact) mass is 376 g/mol. The van der Waals surface area contributed by atoms with E-state index >= 15 is 0 Å². The first-order chi connectivity index (χ1) is 12.2. The second kappa shape index (κ2) is 11.6. The van der Waals surface area contributed by atoms with E-state index < -0.39 is 0 Å². The maximum absolute atomic E-state index is 11.6. The number of thioether (sulfide) groups is 1. The molecule has 2 rings (SSSR count). The standard InChI is InChI=1S/C16H28N2O6S/c19-5-6-22-7-8-23-9-10-24-14(20)4-2-1-3-13-15-12(11-25-13)17-16(21)18-15/h12-13,15,19H,1-11H2,(H2,17,18,21)/t12-,13-,15-/m0/s1. The molecule has 0 aromatic carbocycles. The van der Waals surface area contributed by atoms with Crippen LogP contribution in [0.3, 0.4) is 0 Å². The van der Waals surface area contributed by atoms with E-state index in [0.717, 1.165) is 25.0 Å². The van der Waals surface area contributed by atoms with Crippen LogP contribution in [0.15, 0.2) is 0 Å². The van der Waals surface area contributed by atoms with Crippen LogP contribution in [0.25, 0.3) is 0 Å². The number of hydrogen-bond acceptors (Lipinski definition) is 7. The van der Waals surface area contributed by atoms with Crippen LogP contribution in [0.5, 0.6) is 0 Å². The molecule has 2 fully saturated rings. The Morgan fingerprint density at radius 2 is 1.88 bits per heavy atom. The number of nitrogens with one attached hydrogen (secondary N) is 2. The fourth-order valence-electron chi connectivity index (χ4n) is 2.93. The average molecular weight is 376 g/mol. The molecule has 0 aromatic rings. The lowest BCUT2D eigenvalue weighted by molar-refractivity contribution is -0.145. The lowest BCUT2D eigenvalue weighted by Gasteiger charge is -2.16. The van der Waals surface area contributed by atoms with Gasteiger partial charge in [-0.05, 0) is 12.8 Å². The number of carbonyl (C=O) groups is 2. The number of carbonyl (C=O) groups excluding carboxylic acids is 2. The van der Waals surface area contributed by atoms with E-state index in [-0.39, 0.29) is 37.3 Å². The number of esters is 1. The Morgan fingerprint density at radius 1 is 1.12 bits per heavy atom. The summed E-state index contributed by atoms with van der Waals surface area (Å²) in [4.78, 5) is 23.0. The minimum atomic E-state index is -0.201. The van der Waals surface area contributed by atoms with Crippen LogP contribution < -0.4 is 10.6 Å². The first-order valence-electron chi connectivity index (χ1n) is 8.81. The van der Waals surface area contributed by atoms with Gasteiger partial charge in [-0.1, -0.05) is 6.42 Å². The minimum Gasteiger partial charge on any atom is -0.463 e. The molecule has 25 heavy (non-hydrogen) atoms. The summed E-state index contributed by atoms with van der Waals surface area (Å²) in [6, 6.07) is 0.413. The predicted octanol–water partition coefficient (Wildman–Crippen LogP) is 0.281. The van der Waals surface area contributed by atoms with Gasteiger partial charge >= 0.3 is 12.0 Å². The summed E-state index contributed by atoms with van der Waals surface area (Å²) in [7, 11) is 0. The summed E-state index contributed by atoms with van der Waals surface area (Å²) in [5, 5.41) is 14.9. The Hall–Kier alpha value is -1.03. The normalized spacial score (nSPS) is 24.7. The summed E-state index contributed by atoms with van der Waals surface area (Å²) in [5.74, 6) is 0.758. The number of aliphatic hydroxyl groups is 1. The van der Waals surface area contributed by atoms with Crippen molar-refractivity contribution in [3.05, 3.63) is 0 Å². The molecule has 0 radical (unpaired) electrons. The van der Waals surface area contributed by atoms with E-state index in [9.17, 15) is 9.59 Å². The topological polar surface area (TPSA) is 106 Å². The molecule has 2 saturated heterocycles. The molecule has 9 heteroatoms. The average Bonchev–Trinajstić information content (AvgIpc) is 3.13. The van der Waals surface area contributed by atoms with Crippen molar-refractivity contribution in [2.45, 2.75) is 43.0 Å². The Morgan fingerprint density at radius 3 is 2.68 bits per heavy atom. The zero-order chi connectivity index (χ0) is 17.9. The van der Waals surface area contributed by atoms with Crippen molar-refractivity contribution in [1.29, 1.82) is 0 Å². The fraction of sp³-hybridized carbons (Fsp3) is 0.875. The van der Waals surface area contributed by atoms with Gasteiger partial charge in [0.05, 0.1) is 45.1 Å². The van der Waals surface area contributed by atoms with Gasteiger partial charge in [-0.15, -0.1) is 0 Å². The number of fused-ring (bicyclic) bond motifs is 1. The molecule has 8 nitrogen and oxygen atoms in total. The van der Waals surface area contributed by atoms with Crippen molar-refractivity contribution in [3.8, 4) is 0 Å². The minimum absolute atomic E-state index is 0.00378. The number of rotatable bonds is 13. The predicted molar refractivity (Wildman–Crippen MR) is 93.6 cm³/mol. The molecule has 0 aromatic heterocycles. The van der Waals surface area contributed by atoms with E-state index in [0.29, 0.717) is 38.1 Å². The van der Waals surface area contributed by atoms with Crippen LogP contribution in [0.4, 0.5) is 4.79 Å². The highest BCUT2D eigenvalue weighted by Crippen LogP contribution is 2.33. The molecule has 2 aliphatic rings. The number of urea groups is 1. The Kier molecular flexibility index (Phi) is 9.38. The van der Waals surface area contributed by atoms with Crippen molar-refractivity contribution >= 4 is 23.8 Å². The summed E-state index contributed by atoms with van der Waals surface area (Å²) in [5.41, 5.74) is 0. The number of aliphatic hydroxyl groups excluding tert-OH is 1. The number of hydrogen-bond donors (Lipinski definition) is 3. The van der Waals surface area contributed by atoms with Gasteiger partial charge in [0.1, 0.15) is 6.61 Å². The van der Waals surface area contributed by atoms with Gasteiger partial charge in [0, 0.05) is 17.4 Å². The van der Waals surface area contributed by atoms with Gasteiger partial charge < -0.3 is 30.0 Å². The van der Waals surface area contributed by atoms with E-state index in [1.807, 2.05) is 11.8 Å². The summed E-state index contributed by atoms with van der Waals surface area (Å²) >= 11 is 1.89. The van der Waals surface area contributed by atoms with Crippen molar-refractivity contribution in [3.63, 3.8) is 0 Å². The molecule has 0 spiro atoms. The third kappa shape index (κ3) is 7.39. The van der Waals surface area contributed by atoms with Gasteiger partial charge in [0.25, 0.3) is 0 Å². The fourth-order valence-corrected chi connectivity index (χ4v) is 4.47. The van der Waals surface area contributed by atoms with Gasteiger partial charge in [-0.2, -0.15) is 11.8 Å². The SMILES string of the molecule is O=C1N[C@H]2[C@H](CS[C@H]2CCCCC(=O)OCCOCCOCCO)N1. The van der Waals surface area contributed by atoms with Crippen LogP contribution in [0.1, 0.15) is 25.7 Å². The van der Waals surface area contributed by atoms with E-state index in [2.05, 4.69) is 10.6 Å². The zero-order valence-corrected chi connectivity index (χ0v) is 15.2. The Bertz CT molecular complexity index is 425. The molecule has 0 bridgehead atoms. The zero-order valence-electron chi connectivity index (χ0n) is 14.4. The summed E-state index contributed by atoms with van der Waals surface area (Å²) < 4.78 is 15.4. The highest BCUT2D eigenvalue weighted by Gasteiger charge is 2.42. The summed E-state index contributed by atoms with van der Waals surface area (Å²) in [6.07, 6.45) is 3.16. The lowest BCUT2D eigenvalue weighted by atomic mass is 10.0. The van der Waals surface area contributed by atoms with Crippen molar-refractivity contribution in [2.24, 2.45) is 0 Å². The number of amides is 2. The smallest absolute Gasteiger partial charge is 0.315 e. The van der Waals surface area contributed by atoms with Crippen molar-refractivity contribution in [2.75, 3.05) is 45.4 Å². The van der Waals surface area contributed by atoms with E-state index in [4.69, 9.17) is 19.3 Å². The molecule has 0 aliphatic carbocycles. The molecule has 2 aliphatic heterocycles. The largest absolute Gasteiger partial charge is 0.463 e. The van der Waals surface area contributed by atoms with Crippen molar-refractivity contribution < 1.29 is 28.9 Å². The second-order valence-electron chi connectivity index (χ2n) is 6.04. The quantitative estimate of drug-likeness (QED) is 0.241. The third-order valence-corrected chi connectivity index (χ3v) is 5.66. The van der Waals surface area contributed by atoms with Gasteiger partial charge in [0.15, 0.2) is 0 Å².